The molecule has 0 bridgehead atoms. The molecule has 0 aromatic heterocycles. The van der Waals surface area contributed by atoms with Gasteiger partial charge in [0, 0.05) is 6.42 Å². The lowest BCUT2D eigenvalue weighted by Crippen LogP contribution is -2.30. The van der Waals surface area contributed by atoms with E-state index < -0.39 is 0 Å². The summed E-state index contributed by atoms with van der Waals surface area (Å²) in [5.74, 6) is 0.0103. The van der Waals surface area contributed by atoms with Gasteiger partial charge in [-0.05, 0) is 36.6 Å². The summed E-state index contributed by atoms with van der Waals surface area (Å²) in [7, 11) is 0. The summed E-state index contributed by atoms with van der Waals surface area (Å²) in [6.07, 6.45) is 2.39. The molecule has 0 fully saturated rings. The molecule has 0 aliphatic heterocycles. The molecule has 0 radical (unpaired) electrons. The van der Waals surface area contributed by atoms with Crippen LogP contribution >= 0.6 is 0 Å². The second kappa shape index (κ2) is 8.35. The van der Waals surface area contributed by atoms with Gasteiger partial charge in [-0.25, -0.2) is 0 Å². The zero-order valence-electron chi connectivity index (χ0n) is 13.3. The highest BCUT2D eigenvalue weighted by Crippen LogP contribution is 2.24. The Labute approximate surface area is 132 Å². The Hall–Kier alpha value is -2.13. The van der Waals surface area contributed by atoms with Gasteiger partial charge in [0.05, 0.1) is 12.3 Å². The first-order chi connectivity index (χ1) is 10.8. The van der Waals surface area contributed by atoms with Gasteiger partial charge in [-0.1, -0.05) is 55.8 Å². The quantitative estimate of drug-likeness (QED) is 0.685. The normalized spacial score (nSPS) is 10.5. The van der Waals surface area contributed by atoms with Crippen molar-refractivity contribution in [2.24, 2.45) is 0 Å². The monoisotopic (exact) mass is 297 g/mol. The minimum absolute atomic E-state index is 0.0103. The molecule has 22 heavy (non-hydrogen) atoms. The van der Waals surface area contributed by atoms with Gasteiger partial charge in [-0.15, -0.1) is 0 Å². The van der Waals surface area contributed by atoms with Crippen molar-refractivity contribution in [1.29, 1.82) is 0 Å². The highest BCUT2D eigenvalue weighted by Gasteiger charge is 2.15. The fourth-order valence-corrected chi connectivity index (χ4v) is 2.27. The number of rotatable bonds is 7. The number of amides is 1. The number of unbranched alkanes of at least 4 members (excludes halogenated alkanes) is 1. The Morgan fingerprint density at radius 1 is 0.955 bits per heavy atom. The van der Waals surface area contributed by atoms with Gasteiger partial charge in [0.25, 0.3) is 5.91 Å². The van der Waals surface area contributed by atoms with Crippen LogP contribution in [0.4, 0.5) is 5.69 Å². The van der Waals surface area contributed by atoms with Crippen molar-refractivity contribution < 1.29 is 9.63 Å². The first-order valence-electron chi connectivity index (χ1n) is 7.87. The van der Waals surface area contributed by atoms with Crippen LogP contribution in [-0.2, 0) is 9.63 Å². The highest BCUT2D eigenvalue weighted by atomic mass is 16.7. The molecule has 0 aliphatic carbocycles. The Bertz CT molecular complexity index is 578. The fourth-order valence-electron chi connectivity index (χ4n) is 2.27. The van der Waals surface area contributed by atoms with Crippen molar-refractivity contribution in [2.75, 3.05) is 11.7 Å². The van der Waals surface area contributed by atoms with E-state index in [2.05, 4.69) is 19.1 Å². The number of carbonyl (C=O) groups excluding carboxylic acids is 1. The molecule has 0 saturated heterocycles. The number of hydrogen-bond donors (Lipinski definition) is 0. The molecule has 0 N–H and O–H groups in total. The Balaban J connectivity index is 2.17. The maximum atomic E-state index is 12.2. The topological polar surface area (TPSA) is 29.5 Å². The van der Waals surface area contributed by atoms with E-state index in [0.29, 0.717) is 13.0 Å². The fraction of sp³-hybridized carbons (Fsp3) is 0.316. The van der Waals surface area contributed by atoms with Crippen LogP contribution in [-0.4, -0.2) is 12.5 Å². The van der Waals surface area contributed by atoms with Crippen molar-refractivity contribution in [3.8, 4) is 11.1 Å². The van der Waals surface area contributed by atoms with Gasteiger partial charge in [0.1, 0.15) is 0 Å². The summed E-state index contributed by atoms with van der Waals surface area (Å²) in [5, 5.41) is 1.42. The smallest absolute Gasteiger partial charge is 0.250 e. The van der Waals surface area contributed by atoms with Gasteiger partial charge >= 0.3 is 0 Å². The predicted octanol–water partition coefficient (Wildman–Crippen LogP) is 4.83. The van der Waals surface area contributed by atoms with Gasteiger partial charge in [0.2, 0.25) is 0 Å². The molecular weight excluding hydrogens is 274 g/mol. The zero-order chi connectivity index (χ0) is 15.8. The lowest BCUT2D eigenvalue weighted by molar-refractivity contribution is -0.125. The van der Waals surface area contributed by atoms with E-state index in [0.717, 1.165) is 29.7 Å². The molecule has 2 aromatic carbocycles. The van der Waals surface area contributed by atoms with E-state index in [4.69, 9.17) is 4.84 Å². The van der Waals surface area contributed by atoms with E-state index >= 15 is 0 Å². The first-order valence-corrected chi connectivity index (χ1v) is 7.87. The Morgan fingerprint density at radius 3 is 2.18 bits per heavy atom. The number of hydrogen-bond acceptors (Lipinski definition) is 2. The van der Waals surface area contributed by atoms with E-state index in [9.17, 15) is 4.79 Å². The van der Waals surface area contributed by atoms with Crippen molar-refractivity contribution in [1.82, 2.24) is 0 Å². The third-order valence-corrected chi connectivity index (χ3v) is 3.44. The molecule has 0 saturated carbocycles. The highest BCUT2D eigenvalue weighted by molar-refractivity contribution is 5.91. The van der Waals surface area contributed by atoms with Gasteiger partial charge in [-0.2, -0.15) is 5.06 Å². The van der Waals surface area contributed by atoms with Crippen LogP contribution in [0.15, 0.2) is 54.6 Å². The molecule has 116 valence electrons. The minimum atomic E-state index is 0.0103. The Morgan fingerprint density at radius 2 is 1.59 bits per heavy atom. The van der Waals surface area contributed by atoms with Gasteiger partial charge < -0.3 is 0 Å². The summed E-state index contributed by atoms with van der Waals surface area (Å²) in [6, 6.07) is 18.1. The maximum absolute atomic E-state index is 12.2. The lowest BCUT2D eigenvalue weighted by atomic mass is 10.1. The number of benzene rings is 2. The van der Waals surface area contributed by atoms with Crippen molar-refractivity contribution >= 4 is 11.6 Å². The number of hydroxylamine groups is 1. The largest absolute Gasteiger partial charge is 0.272 e. The van der Waals surface area contributed by atoms with Gasteiger partial charge in [-0.3, -0.25) is 9.63 Å². The van der Waals surface area contributed by atoms with Crippen LogP contribution in [0.3, 0.4) is 0 Å². The van der Waals surface area contributed by atoms with Crippen molar-refractivity contribution in [3.63, 3.8) is 0 Å². The van der Waals surface area contributed by atoms with Crippen LogP contribution in [0.2, 0.25) is 0 Å². The minimum Gasteiger partial charge on any atom is -0.272 e. The first kappa shape index (κ1) is 16.2. The van der Waals surface area contributed by atoms with E-state index in [-0.39, 0.29) is 5.91 Å². The van der Waals surface area contributed by atoms with Crippen LogP contribution in [0, 0.1) is 0 Å². The number of anilines is 1. The van der Waals surface area contributed by atoms with Crippen LogP contribution < -0.4 is 5.06 Å². The second-order valence-corrected chi connectivity index (χ2v) is 5.12. The predicted molar refractivity (Wildman–Crippen MR) is 90.5 cm³/mol. The molecule has 2 rings (SSSR count). The third-order valence-electron chi connectivity index (χ3n) is 3.44. The number of nitrogens with zero attached hydrogens (tertiary/aromatic N) is 1. The van der Waals surface area contributed by atoms with Gasteiger partial charge in [0.15, 0.2) is 0 Å². The second-order valence-electron chi connectivity index (χ2n) is 5.12. The van der Waals surface area contributed by atoms with E-state index in [1.165, 1.54) is 5.06 Å². The molecule has 0 spiro atoms. The molecular formula is C19H23NO2. The zero-order valence-corrected chi connectivity index (χ0v) is 13.3. The van der Waals surface area contributed by atoms with E-state index in [1.807, 2.05) is 49.4 Å². The Kier molecular flexibility index (Phi) is 6.16. The average molecular weight is 297 g/mol. The summed E-state index contributed by atoms with van der Waals surface area (Å²) >= 11 is 0. The molecule has 3 heteroatoms. The summed E-state index contributed by atoms with van der Waals surface area (Å²) in [6.45, 7) is 4.43. The molecule has 0 aliphatic rings. The molecule has 0 atom stereocenters. The van der Waals surface area contributed by atoms with Crippen LogP contribution in [0.25, 0.3) is 11.1 Å². The van der Waals surface area contributed by atoms with Crippen LogP contribution in [0.5, 0.6) is 0 Å². The number of carbonyl (C=O) groups is 1. The molecule has 0 unspecified atom stereocenters. The molecule has 1 amide bonds. The average Bonchev–Trinajstić information content (AvgIpc) is 2.58. The van der Waals surface area contributed by atoms with E-state index in [1.54, 1.807) is 0 Å². The third kappa shape index (κ3) is 4.18. The summed E-state index contributed by atoms with van der Waals surface area (Å²) in [4.78, 5) is 17.8. The van der Waals surface area contributed by atoms with Crippen LogP contribution in [0.1, 0.15) is 33.1 Å². The lowest BCUT2D eigenvalue weighted by Gasteiger charge is -2.21. The summed E-state index contributed by atoms with van der Waals surface area (Å²) < 4.78 is 0. The summed E-state index contributed by atoms with van der Waals surface area (Å²) in [5.41, 5.74) is 3.07. The van der Waals surface area contributed by atoms with Crippen molar-refractivity contribution in [3.05, 3.63) is 54.6 Å². The molecule has 0 heterocycles. The standard InChI is InChI=1S/C19H23NO2/c1-3-5-11-19(21)20(22-4-2)18-14-12-17(13-15-18)16-9-7-6-8-10-16/h6-10,12-15H,3-5,11H2,1-2H3. The van der Waals surface area contributed by atoms with Crippen molar-refractivity contribution in [2.45, 2.75) is 33.1 Å². The maximum Gasteiger partial charge on any atom is 0.250 e. The SMILES string of the molecule is CCCCC(=O)N(OCC)c1ccc(-c2ccccc2)cc1. The molecule has 2 aromatic rings. The molecule has 3 nitrogen and oxygen atoms in total.